The molecule has 0 aromatic carbocycles. The molecule has 0 radical (unpaired) electrons. The SMILES string of the molecule is C[Si](C)(C)[S-](=P)=P. The maximum Gasteiger partial charge on any atom is -0.0478 e. The third-order valence-electron chi connectivity index (χ3n) is 0.612. The van der Waals surface area contributed by atoms with Gasteiger partial charge in [-0.05, 0) is 7.22 Å². The van der Waals surface area contributed by atoms with Crippen LogP contribution >= 0.6 is 16.0 Å². The van der Waals surface area contributed by atoms with Crippen molar-refractivity contribution >= 4 is 32.0 Å². The van der Waals surface area contributed by atoms with Gasteiger partial charge in [0, 0.05) is 0 Å². The Morgan fingerprint density at radius 1 is 1.14 bits per heavy atom. The molecule has 0 saturated carbocycles. The highest BCUT2D eigenvalue weighted by Gasteiger charge is 1.95. The van der Waals surface area contributed by atoms with Crippen molar-refractivity contribution in [2.24, 2.45) is 0 Å². The quantitative estimate of drug-likeness (QED) is 0.321. The average molecular weight is 169 g/mol. The first kappa shape index (κ1) is 8.17. The van der Waals surface area contributed by atoms with Crippen LogP contribution in [0.4, 0.5) is 0 Å². The third-order valence-corrected chi connectivity index (χ3v) is 16.5. The first-order valence-electron chi connectivity index (χ1n) is 2.11. The van der Waals surface area contributed by atoms with Gasteiger partial charge in [0.05, 0.1) is 0 Å². The Hall–Kier alpha value is 1.17. The lowest BCUT2D eigenvalue weighted by Crippen LogP contribution is -2.18. The predicted molar refractivity (Wildman–Crippen MR) is 47.3 cm³/mol. The van der Waals surface area contributed by atoms with Crippen molar-refractivity contribution in [2.75, 3.05) is 0 Å². The van der Waals surface area contributed by atoms with Crippen LogP contribution in [-0.2, 0) is 8.70 Å². The largest absolute Gasteiger partial charge is 0.430 e. The van der Waals surface area contributed by atoms with Gasteiger partial charge in [-0.15, -0.1) is 0 Å². The molecule has 0 bridgehead atoms. The zero-order chi connectivity index (χ0) is 6.08. The molecular formula is C3H11P2SSi-. The van der Waals surface area contributed by atoms with Gasteiger partial charge < -0.3 is 8.70 Å². The van der Waals surface area contributed by atoms with Crippen LogP contribution in [0.1, 0.15) is 0 Å². The van der Waals surface area contributed by atoms with Crippen LogP contribution < -0.4 is 0 Å². The summed E-state index contributed by atoms with van der Waals surface area (Å²) in [7, 11) is 6.53. The minimum absolute atomic E-state index is 0.317. The monoisotopic (exact) mass is 169 g/mol. The summed E-state index contributed by atoms with van der Waals surface area (Å²) in [6.07, 6.45) is 0. The molecule has 4 heteroatoms. The fraction of sp³-hybridized carbons (Fsp3) is 1.00. The summed E-state index contributed by atoms with van der Waals surface area (Å²) in [5, 5.41) is 0. The van der Waals surface area contributed by atoms with Crippen LogP contribution in [0.3, 0.4) is 0 Å². The minimum Gasteiger partial charge on any atom is -0.430 e. The molecule has 0 aliphatic rings. The number of hydrogen-bond acceptors (Lipinski definition) is 1. The highest BCUT2D eigenvalue weighted by molar-refractivity contribution is 8.47. The normalized spacial score (nSPS) is 12.6. The number of rotatable bonds is 1. The van der Waals surface area contributed by atoms with Crippen molar-refractivity contribution in [3.05, 3.63) is 0 Å². The van der Waals surface area contributed by atoms with E-state index in [2.05, 4.69) is 35.7 Å². The van der Waals surface area contributed by atoms with E-state index in [1.807, 2.05) is 0 Å². The molecule has 0 saturated heterocycles. The highest BCUT2D eigenvalue weighted by atomic mass is 32.8. The third kappa shape index (κ3) is 3.73. The van der Waals surface area contributed by atoms with Crippen LogP contribution in [0.25, 0.3) is 0 Å². The van der Waals surface area contributed by atoms with E-state index in [1.165, 1.54) is 0 Å². The van der Waals surface area contributed by atoms with Crippen LogP contribution in [-0.4, -0.2) is 7.22 Å². The molecule has 0 fully saturated rings. The second-order valence-electron chi connectivity index (χ2n) is 2.42. The van der Waals surface area contributed by atoms with E-state index >= 15 is 0 Å². The van der Waals surface area contributed by atoms with E-state index in [9.17, 15) is 0 Å². The van der Waals surface area contributed by atoms with Gasteiger partial charge in [-0.1, -0.05) is 19.6 Å². The fourth-order valence-corrected chi connectivity index (χ4v) is 0. The molecule has 0 rings (SSSR count). The number of hydrogen-bond donors (Lipinski definition) is 0. The van der Waals surface area contributed by atoms with Crippen LogP contribution in [0.2, 0.25) is 19.6 Å². The first-order chi connectivity index (χ1) is 2.94. The topological polar surface area (TPSA) is 0 Å². The lowest BCUT2D eigenvalue weighted by Gasteiger charge is -2.23. The second-order valence-corrected chi connectivity index (χ2v) is 18.3. The maximum absolute atomic E-state index is 3.54. The lowest BCUT2D eigenvalue weighted by molar-refractivity contribution is 1.88. The van der Waals surface area contributed by atoms with Crippen LogP contribution in [0.5, 0.6) is 0 Å². The second kappa shape index (κ2) is 2.64. The summed E-state index contributed by atoms with van der Waals surface area (Å²) >= 11 is 0. The predicted octanol–water partition coefficient (Wildman–Crippen LogP) is 2.56. The molecule has 0 atom stereocenters. The smallest absolute Gasteiger partial charge is 0.0478 e. The first-order valence-corrected chi connectivity index (χ1v) is 10.0. The Balaban J connectivity index is 4.08. The summed E-state index contributed by atoms with van der Waals surface area (Å²) in [4.78, 5) is 0. The molecule has 0 N–H and O–H groups in total. The Morgan fingerprint density at radius 3 is 1.29 bits per heavy atom. The van der Waals surface area contributed by atoms with Gasteiger partial charge in [-0.3, -0.25) is 16.0 Å². The van der Waals surface area contributed by atoms with Crippen molar-refractivity contribution in [3.8, 4) is 0 Å². The van der Waals surface area contributed by atoms with Gasteiger partial charge >= 0.3 is 0 Å². The van der Waals surface area contributed by atoms with E-state index in [4.69, 9.17) is 0 Å². The molecule has 0 unspecified atom stereocenters. The standard InChI is InChI=1S/C3H11P2SSi/c1-7(2,3)6(4)5/h4-5H,1-3H3/q-1. The summed E-state index contributed by atoms with van der Waals surface area (Å²) < 4.78 is 0. The fourth-order valence-electron chi connectivity index (χ4n) is 0. The van der Waals surface area contributed by atoms with Crippen molar-refractivity contribution in [1.82, 2.24) is 0 Å². The van der Waals surface area contributed by atoms with E-state index in [0.29, 0.717) is 8.70 Å². The van der Waals surface area contributed by atoms with Gasteiger partial charge in [0.25, 0.3) is 0 Å². The maximum atomic E-state index is 3.54. The van der Waals surface area contributed by atoms with Gasteiger partial charge in [0.1, 0.15) is 0 Å². The molecule has 0 aromatic rings. The van der Waals surface area contributed by atoms with Gasteiger partial charge in [-0.25, -0.2) is 0 Å². The zero-order valence-corrected chi connectivity index (χ0v) is 8.72. The van der Waals surface area contributed by atoms with E-state index in [1.54, 1.807) is 0 Å². The molecule has 0 heterocycles. The molecule has 0 aromatic heterocycles. The molecular weight excluding hydrogens is 158 g/mol. The molecule has 0 aliphatic carbocycles. The van der Waals surface area contributed by atoms with E-state index < -0.39 is 7.22 Å². The summed E-state index contributed by atoms with van der Waals surface area (Å²) in [6, 6.07) is 0. The Labute approximate surface area is 52.0 Å². The van der Waals surface area contributed by atoms with Crippen molar-refractivity contribution in [3.63, 3.8) is 0 Å². The highest BCUT2D eigenvalue weighted by Crippen LogP contribution is 2.06. The van der Waals surface area contributed by atoms with Crippen molar-refractivity contribution < 1.29 is 0 Å². The van der Waals surface area contributed by atoms with E-state index in [-0.39, 0.29) is 0 Å². The summed E-state index contributed by atoms with van der Waals surface area (Å²) in [5.41, 5.74) is 0. The lowest BCUT2D eigenvalue weighted by atomic mass is 11.8. The molecule has 7 heavy (non-hydrogen) atoms. The molecule has 0 spiro atoms. The van der Waals surface area contributed by atoms with Crippen molar-refractivity contribution in [2.45, 2.75) is 19.6 Å². The summed E-state index contributed by atoms with van der Waals surface area (Å²) in [5.74, 6) is 0. The summed E-state index contributed by atoms with van der Waals surface area (Å²) in [6.45, 7) is 6.95. The molecule has 0 amide bonds. The van der Waals surface area contributed by atoms with Crippen LogP contribution in [0.15, 0.2) is 0 Å². The van der Waals surface area contributed by atoms with Crippen molar-refractivity contribution in [1.29, 1.82) is 0 Å². The van der Waals surface area contributed by atoms with Gasteiger partial charge in [-0.2, -0.15) is 0 Å². The Bertz CT molecular complexity index is 113. The Morgan fingerprint density at radius 2 is 1.29 bits per heavy atom. The van der Waals surface area contributed by atoms with Gasteiger partial charge in [0.15, 0.2) is 0 Å². The minimum atomic E-state index is -0.880. The zero-order valence-electron chi connectivity index (χ0n) is 4.91. The average Bonchev–Trinajstić information content (AvgIpc) is 1.31. The molecule has 0 aliphatic heterocycles. The van der Waals surface area contributed by atoms with E-state index in [0.717, 1.165) is 0 Å². The van der Waals surface area contributed by atoms with Crippen LogP contribution in [0, 0.1) is 0 Å². The van der Waals surface area contributed by atoms with Gasteiger partial charge in [0.2, 0.25) is 0 Å². The molecule has 0 nitrogen and oxygen atoms in total. The molecule has 44 valence electrons. The Kier molecular flexibility index (Phi) is 3.08.